The molecular weight excluding hydrogens is 322 g/mol. The Balaban J connectivity index is 2.25. The topological polar surface area (TPSA) is 63.2 Å². The van der Waals surface area contributed by atoms with Crippen LogP contribution in [0.15, 0.2) is 53.4 Å². The summed E-state index contributed by atoms with van der Waals surface area (Å²) in [6.45, 7) is 3.20. The average Bonchev–Trinajstić information content (AvgIpc) is 2.48. The molecule has 0 bridgehead atoms. The highest BCUT2D eigenvalue weighted by Gasteiger charge is 2.30. The molecule has 2 aromatic carbocycles. The molecule has 0 unspecified atom stereocenters. The highest BCUT2D eigenvalue weighted by atomic mass is 35.5. The molecule has 0 aromatic heterocycles. The van der Waals surface area contributed by atoms with Crippen molar-refractivity contribution in [3.05, 3.63) is 59.1 Å². The lowest BCUT2D eigenvalue weighted by atomic mass is 10.2. The van der Waals surface area contributed by atoms with Gasteiger partial charge in [0.15, 0.2) is 9.84 Å². The molecule has 0 spiro atoms. The molecule has 1 amide bonds. The van der Waals surface area contributed by atoms with Gasteiger partial charge in [-0.25, -0.2) is 8.42 Å². The van der Waals surface area contributed by atoms with E-state index in [1.165, 1.54) is 19.1 Å². The summed E-state index contributed by atoms with van der Waals surface area (Å²) in [5, 5.41) is 1.74. The molecule has 6 heteroatoms. The smallest absolute Gasteiger partial charge is 0.242 e. The van der Waals surface area contributed by atoms with E-state index in [2.05, 4.69) is 5.32 Å². The lowest BCUT2D eigenvalue weighted by Crippen LogP contribution is -2.32. The SMILES string of the molecule is Cc1ccccc1NC(=O)[C@@H](C)S(=O)(=O)c1cccc(Cl)c1. The Hall–Kier alpha value is -1.85. The number of anilines is 1. The zero-order valence-corrected chi connectivity index (χ0v) is 13.8. The molecule has 4 nitrogen and oxygen atoms in total. The Labute approximate surface area is 135 Å². The molecule has 116 valence electrons. The first-order valence-electron chi connectivity index (χ1n) is 6.68. The van der Waals surface area contributed by atoms with Crippen LogP contribution in [0, 0.1) is 6.92 Å². The van der Waals surface area contributed by atoms with Gasteiger partial charge in [0.1, 0.15) is 5.25 Å². The van der Waals surface area contributed by atoms with Crippen LogP contribution in [0.3, 0.4) is 0 Å². The number of halogens is 1. The van der Waals surface area contributed by atoms with Gasteiger partial charge in [0.05, 0.1) is 4.90 Å². The summed E-state index contributed by atoms with van der Waals surface area (Å²) in [5.74, 6) is -0.575. The van der Waals surface area contributed by atoms with Gasteiger partial charge < -0.3 is 5.32 Å². The van der Waals surface area contributed by atoms with Gasteiger partial charge >= 0.3 is 0 Å². The molecular formula is C16H16ClNO3S. The van der Waals surface area contributed by atoms with E-state index in [0.717, 1.165) is 5.56 Å². The maximum Gasteiger partial charge on any atom is 0.242 e. The van der Waals surface area contributed by atoms with Gasteiger partial charge in [-0.1, -0.05) is 35.9 Å². The number of hydrogen-bond donors (Lipinski definition) is 1. The standard InChI is InChI=1S/C16H16ClNO3S/c1-11-6-3-4-9-15(11)18-16(19)12(2)22(20,21)14-8-5-7-13(17)10-14/h3-10,12H,1-2H3,(H,18,19)/t12-/m1/s1. The lowest BCUT2D eigenvalue weighted by Gasteiger charge is -2.14. The summed E-state index contributed by atoms with van der Waals surface area (Å²) in [4.78, 5) is 12.3. The average molecular weight is 338 g/mol. The van der Waals surface area contributed by atoms with Crippen LogP contribution in [0.5, 0.6) is 0 Å². The molecule has 0 fully saturated rings. The summed E-state index contributed by atoms with van der Waals surface area (Å²) in [6.07, 6.45) is 0. The van der Waals surface area contributed by atoms with Crippen molar-refractivity contribution in [2.45, 2.75) is 24.0 Å². The predicted molar refractivity (Wildman–Crippen MR) is 87.9 cm³/mol. The lowest BCUT2D eigenvalue weighted by molar-refractivity contribution is -0.115. The molecule has 0 aliphatic rings. The van der Waals surface area contributed by atoms with Gasteiger partial charge in [0.25, 0.3) is 0 Å². The highest BCUT2D eigenvalue weighted by Crippen LogP contribution is 2.21. The fourth-order valence-corrected chi connectivity index (χ4v) is 3.50. The highest BCUT2D eigenvalue weighted by molar-refractivity contribution is 7.92. The number of nitrogens with one attached hydrogen (secondary N) is 1. The van der Waals surface area contributed by atoms with Crippen molar-refractivity contribution in [2.24, 2.45) is 0 Å². The van der Waals surface area contributed by atoms with Gasteiger partial charge in [0.2, 0.25) is 5.91 Å². The third-order valence-electron chi connectivity index (χ3n) is 3.36. The van der Waals surface area contributed by atoms with E-state index in [1.54, 1.807) is 24.3 Å². The number of para-hydroxylation sites is 1. The summed E-state index contributed by atoms with van der Waals surface area (Å²) < 4.78 is 25.0. The third-order valence-corrected chi connectivity index (χ3v) is 5.65. The van der Waals surface area contributed by atoms with Crippen molar-refractivity contribution in [3.8, 4) is 0 Å². The number of aryl methyl sites for hydroxylation is 1. The summed E-state index contributed by atoms with van der Waals surface area (Å²) in [6, 6.07) is 13.1. The number of sulfone groups is 1. The fraction of sp³-hybridized carbons (Fsp3) is 0.188. The molecule has 2 rings (SSSR count). The number of benzene rings is 2. The van der Waals surface area contributed by atoms with E-state index < -0.39 is 21.0 Å². The van der Waals surface area contributed by atoms with E-state index in [9.17, 15) is 13.2 Å². The van der Waals surface area contributed by atoms with E-state index in [4.69, 9.17) is 11.6 Å². The first-order valence-corrected chi connectivity index (χ1v) is 8.61. The van der Waals surface area contributed by atoms with E-state index in [0.29, 0.717) is 10.7 Å². The summed E-state index contributed by atoms with van der Waals surface area (Å²) in [5.41, 5.74) is 1.46. The van der Waals surface area contributed by atoms with Crippen LogP contribution >= 0.6 is 11.6 Å². The van der Waals surface area contributed by atoms with Crippen LogP contribution in [0.25, 0.3) is 0 Å². The molecule has 22 heavy (non-hydrogen) atoms. The zero-order valence-electron chi connectivity index (χ0n) is 12.2. The van der Waals surface area contributed by atoms with Crippen molar-refractivity contribution in [1.29, 1.82) is 0 Å². The second kappa shape index (κ2) is 6.50. The molecule has 0 radical (unpaired) electrons. The molecule has 0 saturated heterocycles. The minimum Gasteiger partial charge on any atom is -0.325 e. The Morgan fingerprint density at radius 1 is 1.14 bits per heavy atom. The summed E-state index contributed by atoms with van der Waals surface area (Å²) in [7, 11) is -3.79. The third kappa shape index (κ3) is 3.48. The van der Waals surface area contributed by atoms with Crippen LogP contribution in [0.4, 0.5) is 5.69 Å². The molecule has 1 N–H and O–H groups in total. The maximum atomic E-state index is 12.5. The van der Waals surface area contributed by atoms with Crippen molar-refractivity contribution in [3.63, 3.8) is 0 Å². The Morgan fingerprint density at radius 2 is 1.82 bits per heavy atom. The van der Waals surface area contributed by atoms with Gasteiger partial charge in [-0.2, -0.15) is 0 Å². The van der Waals surface area contributed by atoms with E-state index in [1.807, 2.05) is 19.1 Å². The van der Waals surface area contributed by atoms with Gasteiger partial charge in [-0.15, -0.1) is 0 Å². The molecule has 0 heterocycles. The van der Waals surface area contributed by atoms with E-state index >= 15 is 0 Å². The fourth-order valence-electron chi connectivity index (χ4n) is 1.94. The number of carbonyl (C=O) groups is 1. The molecule has 0 saturated carbocycles. The van der Waals surface area contributed by atoms with Crippen LogP contribution in [0.2, 0.25) is 5.02 Å². The van der Waals surface area contributed by atoms with Crippen molar-refractivity contribution in [2.75, 3.05) is 5.32 Å². The monoisotopic (exact) mass is 337 g/mol. The number of hydrogen-bond acceptors (Lipinski definition) is 3. The number of carbonyl (C=O) groups excluding carboxylic acids is 1. The molecule has 1 atom stereocenters. The molecule has 2 aromatic rings. The number of rotatable bonds is 4. The van der Waals surface area contributed by atoms with Gasteiger partial charge in [0, 0.05) is 10.7 Å². The van der Waals surface area contributed by atoms with Crippen molar-refractivity contribution in [1.82, 2.24) is 0 Å². The normalized spacial score (nSPS) is 12.7. The van der Waals surface area contributed by atoms with Crippen LogP contribution in [-0.4, -0.2) is 19.6 Å². The largest absolute Gasteiger partial charge is 0.325 e. The molecule has 0 aliphatic heterocycles. The predicted octanol–water partition coefficient (Wildman–Crippen LogP) is 3.45. The van der Waals surface area contributed by atoms with Crippen LogP contribution in [-0.2, 0) is 14.6 Å². The molecule has 0 aliphatic carbocycles. The van der Waals surface area contributed by atoms with Gasteiger partial charge in [-0.05, 0) is 43.7 Å². The van der Waals surface area contributed by atoms with Crippen molar-refractivity contribution >= 4 is 33.0 Å². The first kappa shape index (κ1) is 16.5. The summed E-state index contributed by atoms with van der Waals surface area (Å²) >= 11 is 5.82. The second-order valence-electron chi connectivity index (χ2n) is 4.95. The quantitative estimate of drug-likeness (QED) is 0.929. The Morgan fingerprint density at radius 3 is 2.45 bits per heavy atom. The maximum absolute atomic E-state index is 12.5. The first-order chi connectivity index (χ1) is 10.3. The van der Waals surface area contributed by atoms with E-state index in [-0.39, 0.29) is 4.90 Å². The van der Waals surface area contributed by atoms with Gasteiger partial charge in [-0.3, -0.25) is 4.79 Å². The number of amides is 1. The minimum absolute atomic E-state index is 0.0347. The Kier molecular flexibility index (Phi) is 4.88. The Bertz CT molecular complexity index is 803. The van der Waals surface area contributed by atoms with Crippen molar-refractivity contribution < 1.29 is 13.2 Å². The minimum atomic E-state index is -3.79. The van der Waals surface area contributed by atoms with Crippen LogP contribution in [0.1, 0.15) is 12.5 Å². The zero-order chi connectivity index (χ0) is 16.3. The van der Waals surface area contributed by atoms with Crippen LogP contribution < -0.4 is 5.32 Å². The second-order valence-corrected chi connectivity index (χ2v) is 7.65.